The van der Waals surface area contributed by atoms with Crippen molar-refractivity contribution in [2.75, 3.05) is 13.1 Å². The maximum absolute atomic E-state index is 11.9. The van der Waals surface area contributed by atoms with E-state index in [0.29, 0.717) is 5.92 Å². The van der Waals surface area contributed by atoms with Crippen molar-refractivity contribution in [3.63, 3.8) is 0 Å². The molecule has 0 radical (unpaired) electrons. The lowest BCUT2D eigenvalue weighted by Crippen LogP contribution is -2.42. The summed E-state index contributed by atoms with van der Waals surface area (Å²) < 4.78 is 35.6. The molecule has 2 unspecified atom stereocenters. The zero-order valence-electron chi connectivity index (χ0n) is 10.6. The summed E-state index contributed by atoms with van der Waals surface area (Å²) in [6, 6.07) is 0.120. The highest BCUT2D eigenvalue weighted by Gasteiger charge is 2.26. The molecule has 2 N–H and O–H groups in total. The van der Waals surface area contributed by atoms with Crippen LogP contribution in [0.4, 0.5) is 13.2 Å². The second kappa shape index (κ2) is 6.97. The maximum Gasteiger partial charge on any atom is 0.401 e. The molecule has 6 heteroatoms. The van der Waals surface area contributed by atoms with E-state index < -0.39 is 12.7 Å². The second-order valence-corrected chi connectivity index (χ2v) is 5.10. The number of hydrogen-bond donors (Lipinski definition) is 2. The third-order valence-electron chi connectivity index (χ3n) is 3.23. The zero-order chi connectivity index (χ0) is 13.6. The van der Waals surface area contributed by atoms with Crippen molar-refractivity contribution in [1.29, 1.82) is 0 Å². The van der Waals surface area contributed by atoms with E-state index in [1.807, 2.05) is 0 Å². The van der Waals surface area contributed by atoms with Crippen LogP contribution in [0.15, 0.2) is 0 Å². The van der Waals surface area contributed by atoms with Gasteiger partial charge in [0, 0.05) is 6.04 Å². The largest absolute Gasteiger partial charge is 0.401 e. The third kappa shape index (κ3) is 6.83. The minimum atomic E-state index is -4.27. The van der Waals surface area contributed by atoms with Crippen LogP contribution in [0.2, 0.25) is 0 Å². The Balaban J connectivity index is 2.19. The van der Waals surface area contributed by atoms with Crippen molar-refractivity contribution in [2.45, 2.75) is 51.2 Å². The molecule has 18 heavy (non-hydrogen) atoms. The number of alkyl halides is 3. The molecule has 0 aromatic carbocycles. The first kappa shape index (κ1) is 15.3. The standard InChI is InChI=1S/C12H21F3N2O/c1-9-3-2-4-10(6-5-9)17-11(18)7-16-8-12(13,14)15/h9-10,16H,2-8H2,1H3,(H,17,18). The molecule has 0 spiro atoms. The van der Waals surface area contributed by atoms with Gasteiger partial charge in [-0.25, -0.2) is 0 Å². The summed E-state index contributed by atoms with van der Waals surface area (Å²) in [6.45, 7) is 0.794. The second-order valence-electron chi connectivity index (χ2n) is 5.10. The molecule has 106 valence electrons. The van der Waals surface area contributed by atoms with E-state index in [1.165, 1.54) is 6.42 Å². The average molecular weight is 266 g/mol. The predicted octanol–water partition coefficient (Wildman–Crippen LogP) is 2.22. The minimum absolute atomic E-state index is 0.120. The molecule has 0 aliphatic heterocycles. The summed E-state index contributed by atoms with van der Waals surface area (Å²) in [6.07, 6.45) is 0.890. The van der Waals surface area contributed by atoms with Gasteiger partial charge in [0.25, 0.3) is 0 Å². The monoisotopic (exact) mass is 266 g/mol. The molecular formula is C12H21F3N2O. The van der Waals surface area contributed by atoms with Crippen LogP contribution in [0.3, 0.4) is 0 Å². The van der Waals surface area contributed by atoms with E-state index in [9.17, 15) is 18.0 Å². The maximum atomic E-state index is 11.9. The number of amides is 1. The fourth-order valence-corrected chi connectivity index (χ4v) is 2.23. The van der Waals surface area contributed by atoms with Crippen LogP contribution < -0.4 is 10.6 Å². The quantitative estimate of drug-likeness (QED) is 0.766. The molecule has 2 atom stereocenters. The fourth-order valence-electron chi connectivity index (χ4n) is 2.23. The Morgan fingerprint density at radius 1 is 1.22 bits per heavy atom. The van der Waals surface area contributed by atoms with E-state index in [2.05, 4.69) is 17.6 Å². The van der Waals surface area contributed by atoms with Gasteiger partial charge in [-0.05, 0) is 25.2 Å². The molecule has 1 aliphatic carbocycles. The molecule has 0 saturated heterocycles. The van der Waals surface area contributed by atoms with Crippen molar-refractivity contribution < 1.29 is 18.0 Å². The van der Waals surface area contributed by atoms with Crippen LogP contribution in [0.25, 0.3) is 0 Å². The summed E-state index contributed by atoms with van der Waals surface area (Å²) in [5, 5.41) is 4.90. The van der Waals surface area contributed by atoms with Gasteiger partial charge < -0.3 is 10.6 Å². The number of carbonyl (C=O) groups is 1. The van der Waals surface area contributed by atoms with Crippen LogP contribution in [0.5, 0.6) is 0 Å². The van der Waals surface area contributed by atoms with Crippen molar-refractivity contribution in [2.24, 2.45) is 5.92 Å². The first-order valence-corrected chi connectivity index (χ1v) is 6.43. The summed E-state index contributed by atoms with van der Waals surface area (Å²) in [7, 11) is 0. The summed E-state index contributed by atoms with van der Waals surface area (Å²) >= 11 is 0. The molecular weight excluding hydrogens is 245 g/mol. The predicted molar refractivity (Wildman–Crippen MR) is 63.1 cm³/mol. The number of rotatable bonds is 4. The Morgan fingerprint density at radius 3 is 2.61 bits per heavy atom. The van der Waals surface area contributed by atoms with Crippen molar-refractivity contribution in [3.05, 3.63) is 0 Å². The smallest absolute Gasteiger partial charge is 0.352 e. The van der Waals surface area contributed by atoms with Crippen molar-refractivity contribution in [3.8, 4) is 0 Å². The Morgan fingerprint density at radius 2 is 1.94 bits per heavy atom. The van der Waals surface area contributed by atoms with E-state index >= 15 is 0 Å². The SMILES string of the molecule is CC1CCCC(NC(=O)CNCC(F)(F)F)CC1. The van der Waals surface area contributed by atoms with Gasteiger partial charge in [0.05, 0.1) is 13.1 Å². The molecule has 1 rings (SSSR count). The molecule has 1 aliphatic rings. The van der Waals surface area contributed by atoms with Crippen LogP contribution in [0, 0.1) is 5.92 Å². The number of hydrogen-bond acceptors (Lipinski definition) is 2. The highest BCUT2D eigenvalue weighted by Crippen LogP contribution is 2.22. The molecule has 0 bridgehead atoms. The van der Waals surface area contributed by atoms with Crippen LogP contribution >= 0.6 is 0 Å². The van der Waals surface area contributed by atoms with Gasteiger partial charge in [0.2, 0.25) is 5.91 Å². The lowest BCUT2D eigenvalue weighted by Gasteiger charge is -2.17. The normalized spacial score (nSPS) is 25.6. The van der Waals surface area contributed by atoms with Gasteiger partial charge in [0.1, 0.15) is 0 Å². The highest BCUT2D eigenvalue weighted by molar-refractivity contribution is 5.78. The van der Waals surface area contributed by atoms with Gasteiger partial charge >= 0.3 is 6.18 Å². The minimum Gasteiger partial charge on any atom is -0.352 e. The number of carbonyl (C=O) groups excluding carboxylic acids is 1. The Kier molecular flexibility index (Phi) is 5.91. The molecule has 0 heterocycles. The van der Waals surface area contributed by atoms with Gasteiger partial charge in [-0.2, -0.15) is 13.2 Å². The van der Waals surface area contributed by atoms with Crippen LogP contribution in [-0.2, 0) is 4.79 Å². The summed E-state index contributed by atoms with van der Waals surface area (Å²) in [4.78, 5) is 11.4. The lowest BCUT2D eigenvalue weighted by atomic mass is 10.0. The van der Waals surface area contributed by atoms with Crippen LogP contribution in [-0.4, -0.2) is 31.2 Å². The fraction of sp³-hybridized carbons (Fsp3) is 0.917. The van der Waals surface area contributed by atoms with E-state index in [1.54, 1.807) is 0 Å². The Labute approximate surface area is 106 Å². The van der Waals surface area contributed by atoms with Crippen molar-refractivity contribution in [1.82, 2.24) is 10.6 Å². The highest BCUT2D eigenvalue weighted by atomic mass is 19.4. The first-order chi connectivity index (χ1) is 8.37. The first-order valence-electron chi connectivity index (χ1n) is 6.43. The molecule has 0 aromatic rings. The summed E-state index contributed by atoms with van der Waals surface area (Å²) in [5.41, 5.74) is 0. The summed E-state index contributed by atoms with van der Waals surface area (Å²) in [5.74, 6) is 0.328. The van der Waals surface area contributed by atoms with Crippen molar-refractivity contribution >= 4 is 5.91 Å². The molecule has 1 amide bonds. The van der Waals surface area contributed by atoms with Gasteiger partial charge in [-0.1, -0.05) is 19.8 Å². The van der Waals surface area contributed by atoms with E-state index in [-0.39, 0.29) is 18.5 Å². The van der Waals surface area contributed by atoms with Gasteiger partial charge in [-0.3, -0.25) is 4.79 Å². The zero-order valence-corrected chi connectivity index (χ0v) is 10.6. The topological polar surface area (TPSA) is 41.1 Å². The third-order valence-corrected chi connectivity index (χ3v) is 3.23. The molecule has 1 fully saturated rings. The number of halogens is 3. The molecule has 3 nitrogen and oxygen atoms in total. The lowest BCUT2D eigenvalue weighted by molar-refractivity contribution is -0.128. The Bertz CT molecular complexity index is 269. The van der Waals surface area contributed by atoms with Gasteiger partial charge in [0.15, 0.2) is 0 Å². The Hall–Kier alpha value is -0.780. The molecule has 0 aromatic heterocycles. The van der Waals surface area contributed by atoms with Crippen LogP contribution in [0.1, 0.15) is 39.0 Å². The van der Waals surface area contributed by atoms with Gasteiger partial charge in [-0.15, -0.1) is 0 Å². The number of nitrogens with one attached hydrogen (secondary N) is 2. The van der Waals surface area contributed by atoms with E-state index in [0.717, 1.165) is 25.7 Å². The van der Waals surface area contributed by atoms with E-state index in [4.69, 9.17) is 0 Å². The molecule has 1 saturated carbocycles. The average Bonchev–Trinajstić information content (AvgIpc) is 2.42.